The van der Waals surface area contributed by atoms with E-state index < -0.39 is 0 Å². The molecule has 0 aromatic carbocycles. The van der Waals surface area contributed by atoms with Gasteiger partial charge in [0, 0.05) is 65.4 Å². The minimum atomic E-state index is 0. The SMILES string of the molecule is [CH3-].[CH3-].[NH2-].[Y].[Y]. The molecule has 3 heteroatoms. The van der Waals surface area contributed by atoms with Crippen LogP contribution in [0.1, 0.15) is 0 Å². The van der Waals surface area contributed by atoms with Gasteiger partial charge in [0.15, 0.2) is 0 Å². The summed E-state index contributed by atoms with van der Waals surface area (Å²) in [5.41, 5.74) is 0. The summed E-state index contributed by atoms with van der Waals surface area (Å²) in [5.74, 6) is 0. The summed E-state index contributed by atoms with van der Waals surface area (Å²) in [7, 11) is 0. The molecular weight excluding hydrogens is 216 g/mol. The van der Waals surface area contributed by atoms with E-state index in [1.54, 1.807) is 0 Å². The van der Waals surface area contributed by atoms with Crippen LogP contribution in [0.4, 0.5) is 0 Å². The zero-order chi connectivity index (χ0) is 0. The van der Waals surface area contributed by atoms with Crippen molar-refractivity contribution in [1.29, 1.82) is 0 Å². The van der Waals surface area contributed by atoms with Crippen LogP contribution in [0.2, 0.25) is 0 Å². The summed E-state index contributed by atoms with van der Waals surface area (Å²) >= 11 is 0. The van der Waals surface area contributed by atoms with E-state index >= 15 is 0 Å². The molecule has 30 valence electrons. The summed E-state index contributed by atoms with van der Waals surface area (Å²) in [5, 5.41) is 0. The topological polar surface area (TPSA) is 33.5 Å². The molecule has 0 fully saturated rings. The van der Waals surface area contributed by atoms with Crippen LogP contribution in [-0.2, 0) is 65.4 Å². The predicted molar refractivity (Wildman–Crippen MR) is 18.1 cm³/mol. The Hall–Kier alpha value is 2.17. The maximum Gasteiger partial charge on any atom is 0 e. The Labute approximate surface area is 85.0 Å². The van der Waals surface area contributed by atoms with Crippen molar-refractivity contribution in [3.63, 3.8) is 0 Å². The Kier molecular flexibility index (Phi) is 407. The quantitative estimate of drug-likeness (QED) is 0.560. The Morgan fingerprint density at radius 1 is 0.600 bits per heavy atom. The summed E-state index contributed by atoms with van der Waals surface area (Å²) in [4.78, 5) is 0. The molecule has 0 amide bonds. The minimum absolute atomic E-state index is 0. The van der Waals surface area contributed by atoms with E-state index in [0.717, 1.165) is 0 Å². The number of hydrogen-bond donors (Lipinski definition) is 0. The third kappa shape index (κ3) is 22.8. The average Bonchev–Trinajstić information content (AvgIpc) is 0. The molecule has 5 heavy (non-hydrogen) atoms. The van der Waals surface area contributed by atoms with Crippen LogP contribution in [0.25, 0.3) is 6.15 Å². The molecule has 1 nitrogen and oxygen atoms in total. The minimum Gasteiger partial charge on any atom is -0.693 e. The number of rotatable bonds is 0. The van der Waals surface area contributed by atoms with Crippen LogP contribution in [0.15, 0.2) is 0 Å². The van der Waals surface area contributed by atoms with E-state index in [0.29, 0.717) is 0 Å². The molecule has 0 aromatic rings. The molecule has 0 heterocycles. The zero-order valence-corrected chi connectivity index (χ0v) is 9.41. The predicted octanol–water partition coefficient (Wildman–Crippen LogP) is 1.61. The zero-order valence-electron chi connectivity index (χ0n) is 3.73. The Morgan fingerprint density at radius 2 is 0.600 bits per heavy atom. The molecule has 0 saturated heterocycles. The maximum atomic E-state index is 0. The molecule has 0 aliphatic heterocycles. The molecule has 0 aliphatic carbocycles. The molecule has 0 spiro atoms. The van der Waals surface area contributed by atoms with E-state index in [1.807, 2.05) is 0 Å². The molecule has 0 saturated carbocycles. The van der Waals surface area contributed by atoms with Gasteiger partial charge in [-0.1, -0.05) is 0 Å². The summed E-state index contributed by atoms with van der Waals surface area (Å²) < 4.78 is 0. The molecule has 2 radical (unpaired) electrons. The fourth-order valence-corrected chi connectivity index (χ4v) is 0. The van der Waals surface area contributed by atoms with E-state index in [-0.39, 0.29) is 86.4 Å². The van der Waals surface area contributed by atoms with Gasteiger partial charge in [-0.15, -0.1) is 0 Å². The van der Waals surface area contributed by atoms with Gasteiger partial charge in [-0.3, -0.25) is 0 Å². The largest absolute Gasteiger partial charge is 0.693 e. The van der Waals surface area contributed by atoms with E-state index in [9.17, 15) is 0 Å². The van der Waals surface area contributed by atoms with Gasteiger partial charge in [0.05, 0.1) is 0 Å². The van der Waals surface area contributed by atoms with E-state index in [1.165, 1.54) is 0 Å². The fraction of sp³-hybridized carbons (Fsp3) is 0. The molecule has 0 bridgehead atoms. The summed E-state index contributed by atoms with van der Waals surface area (Å²) in [6.45, 7) is 0. The molecule has 0 aliphatic rings. The van der Waals surface area contributed by atoms with Crippen LogP contribution in [0, 0.1) is 14.9 Å². The van der Waals surface area contributed by atoms with Crippen molar-refractivity contribution < 1.29 is 65.4 Å². The first-order chi connectivity index (χ1) is 0. The first-order valence-corrected chi connectivity index (χ1v) is 0. The average molecular weight is 224 g/mol. The third-order valence-corrected chi connectivity index (χ3v) is 0. The third-order valence-electron chi connectivity index (χ3n) is 0. The van der Waals surface area contributed by atoms with Crippen molar-refractivity contribution in [3.05, 3.63) is 21.0 Å². The molecular formula is C2H8NY2-3. The van der Waals surface area contributed by atoms with Crippen LogP contribution in [-0.4, -0.2) is 0 Å². The first kappa shape index (κ1) is 58.0. The second-order valence-corrected chi connectivity index (χ2v) is 0. The van der Waals surface area contributed by atoms with Crippen molar-refractivity contribution in [1.82, 2.24) is 0 Å². The Balaban J connectivity index is 0. The van der Waals surface area contributed by atoms with Crippen LogP contribution in [0.3, 0.4) is 0 Å². The number of hydrogen-bond acceptors (Lipinski definition) is 0. The normalized spacial score (nSPS) is 0. The second-order valence-electron chi connectivity index (χ2n) is 0. The fourth-order valence-electron chi connectivity index (χ4n) is 0. The standard InChI is InChI=1S/2CH3.H2N.2Y/h2*1H3;1H2;;/q3*-1;;. The number of nitrogens with two attached hydrogens (primary N) is 1. The van der Waals surface area contributed by atoms with E-state index in [4.69, 9.17) is 0 Å². The maximum absolute atomic E-state index is 0. The van der Waals surface area contributed by atoms with Gasteiger partial charge in [-0.05, 0) is 0 Å². The summed E-state index contributed by atoms with van der Waals surface area (Å²) in [6.07, 6.45) is 0. The van der Waals surface area contributed by atoms with E-state index in [2.05, 4.69) is 0 Å². The van der Waals surface area contributed by atoms with Crippen molar-refractivity contribution in [2.24, 2.45) is 0 Å². The van der Waals surface area contributed by atoms with Crippen molar-refractivity contribution in [3.8, 4) is 0 Å². The van der Waals surface area contributed by atoms with Crippen LogP contribution < -0.4 is 0 Å². The van der Waals surface area contributed by atoms with Gasteiger partial charge in [0.25, 0.3) is 0 Å². The smallest absolute Gasteiger partial charge is 0 e. The van der Waals surface area contributed by atoms with Gasteiger partial charge in [-0.2, -0.15) is 0 Å². The first-order valence-electron chi connectivity index (χ1n) is 0. The molecule has 0 unspecified atom stereocenters. The summed E-state index contributed by atoms with van der Waals surface area (Å²) in [6, 6.07) is 0. The molecule has 0 rings (SSSR count). The van der Waals surface area contributed by atoms with Gasteiger partial charge in [0.2, 0.25) is 0 Å². The van der Waals surface area contributed by atoms with Crippen molar-refractivity contribution >= 4 is 0 Å². The van der Waals surface area contributed by atoms with Crippen molar-refractivity contribution in [2.75, 3.05) is 0 Å². The van der Waals surface area contributed by atoms with Gasteiger partial charge in [-0.25, -0.2) is 0 Å². The van der Waals surface area contributed by atoms with Gasteiger partial charge >= 0.3 is 0 Å². The molecule has 0 aromatic heterocycles. The molecule has 2 N–H and O–H groups in total. The monoisotopic (exact) mass is 224 g/mol. The Bertz CT molecular complexity index is 7.61. The second kappa shape index (κ2) is 35.1. The van der Waals surface area contributed by atoms with Gasteiger partial charge < -0.3 is 21.0 Å². The van der Waals surface area contributed by atoms with Gasteiger partial charge in [0.1, 0.15) is 0 Å². The van der Waals surface area contributed by atoms with Crippen LogP contribution >= 0.6 is 0 Å². The Morgan fingerprint density at radius 3 is 0.600 bits per heavy atom. The molecule has 0 atom stereocenters. The van der Waals surface area contributed by atoms with Crippen molar-refractivity contribution in [2.45, 2.75) is 0 Å². The van der Waals surface area contributed by atoms with Crippen LogP contribution in [0.5, 0.6) is 0 Å².